The molecule has 0 unspecified atom stereocenters. The molecule has 1 rings (SSSR count). The lowest BCUT2D eigenvalue weighted by Gasteiger charge is -2.04. The van der Waals surface area contributed by atoms with Crippen molar-refractivity contribution in [3.63, 3.8) is 0 Å². The van der Waals surface area contributed by atoms with Crippen molar-refractivity contribution in [3.8, 4) is 0 Å². The van der Waals surface area contributed by atoms with E-state index in [1.165, 1.54) is 0 Å². The molecule has 0 aromatic heterocycles. The van der Waals surface area contributed by atoms with Gasteiger partial charge in [0.25, 0.3) is 0 Å². The molecule has 5 heteroatoms. The Kier molecular flexibility index (Phi) is 1.80. The number of carbonyl (C=O) groups excluding carboxylic acids is 1. The quantitative estimate of drug-likeness (QED) is 0.504. The number of rotatable bonds is 0. The highest BCUT2D eigenvalue weighted by molar-refractivity contribution is 5.97. The summed E-state index contributed by atoms with van der Waals surface area (Å²) in [6, 6.07) is 0. The fourth-order valence-corrected chi connectivity index (χ4v) is 0.634. The summed E-state index contributed by atoms with van der Waals surface area (Å²) in [7, 11) is 0. The lowest BCUT2D eigenvalue weighted by Crippen LogP contribution is -2.07. The molecule has 0 saturated carbocycles. The van der Waals surface area contributed by atoms with Crippen LogP contribution in [0.25, 0.3) is 0 Å². The Labute approximate surface area is 59.0 Å². The van der Waals surface area contributed by atoms with Gasteiger partial charge in [-0.05, 0) is 0 Å². The lowest BCUT2D eigenvalue weighted by atomic mass is 10.1. The number of allylic oxidation sites excluding steroid dienone is 4. The Balaban J connectivity index is 3.18. The molecule has 0 heterocycles. The molecular formula is C6H2F4O. The summed E-state index contributed by atoms with van der Waals surface area (Å²) in [4.78, 5) is 10.2. The first-order valence-corrected chi connectivity index (χ1v) is 2.67. The zero-order valence-corrected chi connectivity index (χ0v) is 5.13. The van der Waals surface area contributed by atoms with Crippen LogP contribution >= 0.6 is 0 Å². The number of carbonyl (C=O) groups is 1. The summed E-state index contributed by atoms with van der Waals surface area (Å²) in [5.41, 5.74) is 0. The number of halogens is 4. The van der Waals surface area contributed by atoms with E-state index in [0.717, 1.165) is 0 Å². The van der Waals surface area contributed by atoms with Gasteiger partial charge < -0.3 is 0 Å². The molecule has 0 bridgehead atoms. The van der Waals surface area contributed by atoms with Crippen molar-refractivity contribution >= 4 is 5.78 Å². The number of hydrogen-bond donors (Lipinski definition) is 0. The standard InChI is InChI=1S/C6H2F4O/c7-2-1-3(11)5(9)6(10)4(2)8/h1H2. The Morgan fingerprint density at radius 2 is 1.45 bits per heavy atom. The molecule has 11 heavy (non-hydrogen) atoms. The Morgan fingerprint density at radius 1 is 0.909 bits per heavy atom. The SMILES string of the molecule is O=C1CC(F)=C(F)C(F)=C1F. The molecule has 1 nitrogen and oxygen atoms in total. The predicted octanol–water partition coefficient (Wildman–Crippen LogP) is 2.26. The van der Waals surface area contributed by atoms with Gasteiger partial charge in [0.1, 0.15) is 5.83 Å². The van der Waals surface area contributed by atoms with E-state index < -0.39 is 35.5 Å². The normalized spacial score (nSPS) is 19.8. The average Bonchev–Trinajstić information content (AvgIpc) is 1.97. The molecule has 60 valence electrons. The average molecular weight is 166 g/mol. The molecule has 0 aromatic rings. The van der Waals surface area contributed by atoms with Gasteiger partial charge in [-0.25, -0.2) is 13.2 Å². The smallest absolute Gasteiger partial charge is 0.205 e. The maximum absolute atomic E-state index is 12.1. The number of ketones is 1. The second-order valence-corrected chi connectivity index (χ2v) is 1.95. The summed E-state index contributed by atoms with van der Waals surface area (Å²) in [5.74, 6) is -8.74. The van der Waals surface area contributed by atoms with Gasteiger partial charge >= 0.3 is 0 Å². The fraction of sp³-hybridized carbons (Fsp3) is 0.167. The zero-order valence-electron chi connectivity index (χ0n) is 5.13. The van der Waals surface area contributed by atoms with Crippen LogP contribution in [0.5, 0.6) is 0 Å². The van der Waals surface area contributed by atoms with Crippen molar-refractivity contribution in [1.29, 1.82) is 0 Å². The number of Topliss-reactive ketones (excluding diaryl/α,β-unsaturated/α-hetero) is 1. The van der Waals surface area contributed by atoms with Gasteiger partial charge in [0.15, 0.2) is 5.83 Å². The van der Waals surface area contributed by atoms with Gasteiger partial charge in [0, 0.05) is 0 Å². The summed E-state index contributed by atoms with van der Waals surface area (Å²) in [5, 5.41) is 0. The molecule has 0 N–H and O–H groups in total. The van der Waals surface area contributed by atoms with Crippen LogP contribution in [0, 0.1) is 0 Å². The third kappa shape index (κ3) is 1.18. The monoisotopic (exact) mass is 166 g/mol. The Hall–Kier alpha value is -1.13. The maximum atomic E-state index is 12.1. The van der Waals surface area contributed by atoms with Gasteiger partial charge in [-0.2, -0.15) is 4.39 Å². The summed E-state index contributed by atoms with van der Waals surface area (Å²) >= 11 is 0. The van der Waals surface area contributed by atoms with Crippen LogP contribution in [0.15, 0.2) is 23.3 Å². The first-order valence-electron chi connectivity index (χ1n) is 2.67. The Morgan fingerprint density at radius 3 is 2.00 bits per heavy atom. The van der Waals surface area contributed by atoms with E-state index >= 15 is 0 Å². The maximum Gasteiger partial charge on any atom is 0.205 e. The molecule has 0 aromatic carbocycles. The van der Waals surface area contributed by atoms with Gasteiger partial charge in [-0.1, -0.05) is 0 Å². The van der Waals surface area contributed by atoms with Crippen molar-refractivity contribution in [3.05, 3.63) is 23.3 Å². The largest absolute Gasteiger partial charge is 0.291 e. The zero-order chi connectivity index (χ0) is 8.59. The van der Waals surface area contributed by atoms with E-state index in [1.54, 1.807) is 0 Å². The first kappa shape index (κ1) is 7.97. The third-order valence-electron chi connectivity index (χ3n) is 1.18. The van der Waals surface area contributed by atoms with Crippen LogP contribution in [0.2, 0.25) is 0 Å². The minimum Gasteiger partial charge on any atom is -0.291 e. The van der Waals surface area contributed by atoms with Crippen molar-refractivity contribution in [2.75, 3.05) is 0 Å². The fourth-order valence-electron chi connectivity index (χ4n) is 0.634. The first-order chi connectivity index (χ1) is 5.04. The van der Waals surface area contributed by atoms with E-state index in [0.29, 0.717) is 0 Å². The molecule has 0 saturated heterocycles. The van der Waals surface area contributed by atoms with E-state index in [4.69, 9.17) is 0 Å². The van der Waals surface area contributed by atoms with Crippen molar-refractivity contribution < 1.29 is 22.4 Å². The second-order valence-electron chi connectivity index (χ2n) is 1.95. The van der Waals surface area contributed by atoms with E-state index in [9.17, 15) is 22.4 Å². The van der Waals surface area contributed by atoms with Crippen LogP contribution in [-0.4, -0.2) is 5.78 Å². The second kappa shape index (κ2) is 2.48. The molecule has 1 aliphatic rings. The van der Waals surface area contributed by atoms with E-state index in [1.807, 2.05) is 0 Å². The predicted molar refractivity (Wildman–Crippen MR) is 28.1 cm³/mol. The van der Waals surface area contributed by atoms with Gasteiger partial charge in [0.05, 0.1) is 6.42 Å². The van der Waals surface area contributed by atoms with Crippen molar-refractivity contribution in [2.45, 2.75) is 6.42 Å². The molecule has 0 atom stereocenters. The van der Waals surface area contributed by atoms with Crippen LogP contribution in [0.3, 0.4) is 0 Å². The van der Waals surface area contributed by atoms with Crippen molar-refractivity contribution in [2.24, 2.45) is 0 Å². The molecule has 0 aliphatic heterocycles. The summed E-state index contributed by atoms with van der Waals surface area (Å²) < 4.78 is 48.4. The third-order valence-corrected chi connectivity index (χ3v) is 1.18. The van der Waals surface area contributed by atoms with Crippen LogP contribution in [0.1, 0.15) is 6.42 Å². The van der Waals surface area contributed by atoms with Crippen LogP contribution in [0.4, 0.5) is 17.6 Å². The molecule has 1 aliphatic carbocycles. The summed E-state index contributed by atoms with van der Waals surface area (Å²) in [6.45, 7) is 0. The van der Waals surface area contributed by atoms with Crippen LogP contribution in [-0.2, 0) is 4.79 Å². The van der Waals surface area contributed by atoms with Crippen molar-refractivity contribution in [1.82, 2.24) is 0 Å². The lowest BCUT2D eigenvalue weighted by molar-refractivity contribution is -0.117. The van der Waals surface area contributed by atoms with Gasteiger partial charge in [0.2, 0.25) is 17.4 Å². The topological polar surface area (TPSA) is 17.1 Å². The summed E-state index contributed by atoms with van der Waals surface area (Å²) in [6.07, 6.45) is -1.04. The molecule has 0 radical (unpaired) electrons. The Bertz CT molecular complexity index is 276. The minimum absolute atomic E-state index is 1.04. The van der Waals surface area contributed by atoms with Gasteiger partial charge in [-0.15, -0.1) is 0 Å². The molecular weight excluding hydrogens is 164 g/mol. The van der Waals surface area contributed by atoms with Gasteiger partial charge in [-0.3, -0.25) is 4.79 Å². The van der Waals surface area contributed by atoms with E-state index in [2.05, 4.69) is 0 Å². The highest BCUT2D eigenvalue weighted by atomic mass is 19.2. The molecule has 0 amide bonds. The van der Waals surface area contributed by atoms with Crippen LogP contribution < -0.4 is 0 Å². The van der Waals surface area contributed by atoms with E-state index in [-0.39, 0.29) is 0 Å². The molecule has 0 fully saturated rings. The minimum atomic E-state index is -2.04. The highest BCUT2D eigenvalue weighted by Crippen LogP contribution is 2.31. The molecule has 0 spiro atoms. The number of hydrogen-bond acceptors (Lipinski definition) is 1. The highest BCUT2D eigenvalue weighted by Gasteiger charge is 2.29.